The van der Waals surface area contributed by atoms with Gasteiger partial charge in [0.2, 0.25) is 0 Å². The first-order valence-corrected chi connectivity index (χ1v) is 5.31. The molecule has 0 spiro atoms. The lowest BCUT2D eigenvalue weighted by molar-refractivity contribution is 0.0690. The van der Waals surface area contributed by atoms with Crippen LogP contribution in [-0.4, -0.2) is 40.6 Å². The number of carboxylic acid groups (broad SMARTS) is 1. The molecular weight excluding hydrogens is 252 g/mol. The number of carboxylic acids is 1. The van der Waals surface area contributed by atoms with Crippen molar-refractivity contribution in [2.24, 2.45) is 0 Å². The molecule has 0 bridgehead atoms. The summed E-state index contributed by atoms with van der Waals surface area (Å²) in [6, 6.07) is 4.22. The molecule has 0 atom stereocenters. The van der Waals surface area contributed by atoms with Gasteiger partial charge < -0.3 is 19.7 Å². The molecule has 0 radical (unpaired) electrons. The predicted octanol–water partition coefficient (Wildman–Crippen LogP) is 1.50. The Hall–Kier alpha value is -2.70. The van der Waals surface area contributed by atoms with Crippen molar-refractivity contribution in [3.8, 4) is 28.5 Å². The highest BCUT2D eigenvalue weighted by Gasteiger charge is 2.16. The third kappa shape index (κ3) is 2.30. The Kier molecular flexibility index (Phi) is 3.28. The van der Waals surface area contributed by atoms with Crippen molar-refractivity contribution >= 4 is 5.97 Å². The Morgan fingerprint density at radius 2 is 1.84 bits per heavy atom. The lowest BCUT2D eigenvalue weighted by atomic mass is 10.1. The van der Waals surface area contributed by atoms with Crippen LogP contribution in [0.2, 0.25) is 0 Å². The van der Waals surface area contributed by atoms with Crippen LogP contribution in [0.25, 0.3) is 11.3 Å². The summed E-state index contributed by atoms with van der Waals surface area (Å²) in [6.07, 6.45) is 0. The van der Waals surface area contributed by atoms with E-state index < -0.39 is 5.97 Å². The number of aromatic carboxylic acids is 1. The predicted molar refractivity (Wildman–Crippen MR) is 65.8 cm³/mol. The number of hydrogen-bond donors (Lipinski definition) is 3. The van der Waals surface area contributed by atoms with E-state index in [2.05, 4.69) is 10.2 Å². The van der Waals surface area contributed by atoms with Gasteiger partial charge in [-0.15, -0.1) is 0 Å². The van der Waals surface area contributed by atoms with E-state index in [9.17, 15) is 9.90 Å². The van der Waals surface area contributed by atoms with Crippen LogP contribution >= 0.6 is 0 Å². The molecule has 1 heterocycles. The summed E-state index contributed by atoms with van der Waals surface area (Å²) in [4.78, 5) is 10.8. The second kappa shape index (κ2) is 4.89. The van der Waals surface area contributed by atoms with Gasteiger partial charge in [-0.3, -0.25) is 5.10 Å². The van der Waals surface area contributed by atoms with Gasteiger partial charge in [-0.2, -0.15) is 5.10 Å². The number of hydrogen-bond acceptors (Lipinski definition) is 5. The standard InChI is InChI=1S/C12H12N2O5/c1-18-10-3-6(9(15)5-11(10)19-2)7-4-8(12(16)17)14-13-7/h3-5,15H,1-2H3,(H,13,14)(H,16,17). The van der Waals surface area contributed by atoms with Gasteiger partial charge in [-0.1, -0.05) is 0 Å². The molecule has 7 heteroatoms. The van der Waals surface area contributed by atoms with E-state index in [-0.39, 0.29) is 11.4 Å². The van der Waals surface area contributed by atoms with Crippen molar-refractivity contribution in [1.29, 1.82) is 0 Å². The highest BCUT2D eigenvalue weighted by Crippen LogP contribution is 2.38. The maximum absolute atomic E-state index is 10.8. The minimum absolute atomic E-state index is 0.0656. The van der Waals surface area contributed by atoms with E-state index in [1.54, 1.807) is 0 Å². The molecule has 2 rings (SSSR count). The summed E-state index contributed by atoms with van der Waals surface area (Å²) in [5.41, 5.74) is 0.585. The molecule has 0 aliphatic heterocycles. The fourth-order valence-electron chi connectivity index (χ4n) is 1.64. The smallest absolute Gasteiger partial charge is 0.353 e. The maximum Gasteiger partial charge on any atom is 0.353 e. The molecule has 0 aliphatic carbocycles. The Morgan fingerprint density at radius 1 is 1.21 bits per heavy atom. The highest BCUT2D eigenvalue weighted by molar-refractivity contribution is 5.87. The van der Waals surface area contributed by atoms with Gasteiger partial charge in [0.25, 0.3) is 0 Å². The molecule has 0 saturated carbocycles. The summed E-state index contributed by atoms with van der Waals surface area (Å²) in [5.74, 6) is -0.423. The summed E-state index contributed by atoms with van der Waals surface area (Å²) in [7, 11) is 2.92. The van der Waals surface area contributed by atoms with E-state index in [0.29, 0.717) is 22.8 Å². The molecule has 100 valence electrons. The fourth-order valence-corrected chi connectivity index (χ4v) is 1.64. The maximum atomic E-state index is 10.8. The fraction of sp³-hybridized carbons (Fsp3) is 0.167. The van der Waals surface area contributed by atoms with Crippen LogP contribution in [0.4, 0.5) is 0 Å². The number of ether oxygens (including phenoxy) is 2. The molecule has 1 aromatic carbocycles. The Balaban J connectivity index is 2.51. The highest BCUT2D eigenvalue weighted by atomic mass is 16.5. The van der Waals surface area contributed by atoms with Crippen molar-refractivity contribution in [2.75, 3.05) is 14.2 Å². The number of aromatic hydroxyl groups is 1. The first kappa shape index (κ1) is 12.7. The van der Waals surface area contributed by atoms with Crippen LogP contribution in [0, 0.1) is 0 Å². The summed E-state index contributed by atoms with van der Waals surface area (Å²) < 4.78 is 10.2. The number of H-pyrrole nitrogens is 1. The lowest BCUT2D eigenvalue weighted by Gasteiger charge is -2.10. The number of aromatic amines is 1. The van der Waals surface area contributed by atoms with Crippen LogP contribution in [0.1, 0.15) is 10.5 Å². The summed E-state index contributed by atoms with van der Waals surface area (Å²) >= 11 is 0. The monoisotopic (exact) mass is 264 g/mol. The molecular formula is C12H12N2O5. The van der Waals surface area contributed by atoms with E-state index in [1.807, 2.05) is 0 Å². The number of benzene rings is 1. The number of carbonyl (C=O) groups is 1. The first-order chi connectivity index (χ1) is 9.06. The van der Waals surface area contributed by atoms with Gasteiger partial charge in [-0.05, 0) is 12.1 Å². The third-order valence-electron chi connectivity index (χ3n) is 2.59. The molecule has 1 aromatic heterocycles. The van der Waals surface area contributed by atoms with Gasteiger partial charge in [0.05, 0.1) is 19.9 Å². The van der Waals surface area contributed by atoms with Crippen LogP contribution in [0.5, 0.6) is 17.2 Å². The minimum Gasteiger partial charge on any atom is -0.507 e. The Morgan fingerprint density at radius 3 is 2.37 bits per heavy atom. The number of rotatable bonds is 4. The zero-order valence-electron chi connectivity index (χ0n) is 10.3. The number of aromatic nitrogens is 2. The number of methoxy groups -OCH3 is 2. The second-order valence-corrected chi connectivity index (χ2v) is 3.70. The molecule has 7 nitrogen and oxygen atoms in total. The minimum atomic E-state index is -1.13. The SMILES string of the molecule is COc1cc(O)c(-c2cc(C(=O)O)[nH]n2)cc1OC. The Bertz CT molecular complexity index is 621. The number of phenols is 1. The average Bonchev–Trinajstić information content (AvgIpc) is 2.87. The van der Waals surface area contributed by atoms with Crippen molar-refractivity contribution in [2.45, 2.75) is 0 Å². The van der Waals surface area contributed by atoms with Crippen molar-refractivity contribution in [3.05, 3.63) is 23.9 Å². The van der Waals surface area contributed by atoms with Crippen molar-refractivity contribution in [1.82, 2.24) is 10.2 Å². The van der Waals surface area contributed by atoms with E-state index in [0.717, 1.165) is 0 Å². The number of nitrogens with one attached hydrogen (secondary N) is 1. The summed E-state index contributed by atoms with van der Waals surface area (Å²) in [5, 5.41) is 24.9. The van der Waals surface area contributed by atoms with E-state index in [4.69, 9.17) is 14.6 Å². The molecule has 3 N–H and O–H groups in total. The van der Waals surface area contributed by atoms with E-state index >= 15 is 0 Å². The van der Waals surface area contributed by atoms with Gasteiger partial charge in [0.15, 0.2) is 11.5 Å². The topological polar surface area (TPSA) is 105 Å². The quantitative estimate of drug-likeness (QED) is 0.772. The number of nitrogens with zero attached hydrogens (tertiary/aromatic N) is 1. The van der Waals surface area contributed by atoms with Crippen molar-refractivity contribution < 1.29 is 24.5 Å². The largest absolute Gasteiger partial charge is 0.507 e. The van der Waals surface area contributed by atoms with Gasteiger partial charge in [-0.25, -0.2) is 4.79 Å². The lowest BCUT2D eigenvalue weighted by Crippen LogP contribution is -1.95. The zero-order chi connectivity index (χ0) is 14.0. The molecule has 0 amide bonds. The van der Waals surface area contributed by atoms with Crippen molar-refractivity contribution in [3.63, 3.8) is 0 Å². The van der Waals surface area contributed by atoms with Gasteiger partial charge in [0, 0.05) is 11.6 Å². The van der Waals surface area contributed by atoms with E-state index in [1.165, 1.54) is 32.4 Å². The van der Waals surface area contributed by atoms with Gasteiger partial charge in [0.1, 0.15) is 11.4 Å². The molecule has 0 unspecified atom stereocenters. The van der Waals surface area contributed by atoms with Crippen LogP contribution in [0.15, 0.2) is 18.2 Å². The molecule has 2 aromatic rings. The van der Waals surface area contributed by atoms with Crippen LogP contribution in [-0.2, 0) is 0 Å². The third-order valence-corrected chi connectivity index (χ3v) is 2.59. The summed E-state index contributed by atoms with van der Waals surface area (Å²) in [6.45, 7) is 0. The molecule has 0 saturated heterocycles. The molecule has 0 fully saturated rings. The Labute approximate surface area is 108 Å². The molecule has 19 heavy (non-hydrogen) atoms. The zero-order valence-corrected chi connectivity index (χ0v) is 10.3. The normalized spacial score (nSPS) is 10.2. The van der Waals surface area contributed by atoms with Crippen LogP contribution < -0.4 is 9.47 Å². The number of phenolic OH excluding ortho intramolecular Hbond substituents is 1. The second-order valence-electron chi connectivity index (χ2n) is 3.70. The van der Waals surface area contributed by atoms with Crippen LogP contribution in [0.3, 0.4) is 0 Å². The first-order valence-electron chi connectivity index (χ1n) is 5.31. The molecule has 0 aliphatic rings. The van der Waals surface area contributed by atoms with Gasteiger partial charge >= 0.3 is 5.97 Å². The average molecular weight is 264 g/mol.